The van der Waals surface area contributed by atoms with Gasteiger partial charge in [-0.1, -0.05) is 29.3 Å². The van der Waals surface area contributed by atoms with Gasteiger partial charge in [0, 0.05) is 17.4 Å². The van der Waals surface area contributed by atoms with Gasteiger partial charge in [0.15, 0.2) is 0 Å². The molecule has 0 saturated carbocycles. The molecular weight excluding hydrogens is 306 g/mol. The van der Waals surface area contributed by atoms with E-state index in [1.807, 2.05) is 12.1 Å². The van der Waals surface area contributed by atoms with E-state index < -0.39 is 0 Å². The fourth-order valence-corrected chi connectivity index (χ4v) is 1.96. The molecule has 0 bridgehead atoms. The molecule has 0 aliphatic heterocycles. The van der Waals surface area contributed by atoms with Crippen molar-refractivity contribution in [3.63, 3.8) is 0 Å². The molecule has 0 heterocycles. The zero-order valence-electron chi connectivity index (χ0n) is 11.5. The van der Waals surface area contributed by atoms with Gasteiger partial charge in [0.2, 0.25) is 0 Å². The first-order valence-corrected chi connectivity index (χ1v) is 7.97. The van der Waals surface area contributed by atoms with Crippen LogP contribution >= 0.6 is 15.9 Å². The first kappa shape index (κ1) is 16.0. The lowest BCUT2D eigenvalue weighted by Gasteiger charge is -2.07. The summed E-state index contributed by atoms with van der Waals surface area (Å²) >= 11 is 3.37. The maximum atomic E-state index is 11.8. The Balaban J connectivity index is 2.35. The molecule has 0 spiro atoms. The van der Waals surface area contributed by atoms with Crippen molar-refractivity contribution in [1.82, 2.24) is 5.32 Å². The zero-order valence-corrected chi connectivity index (χ0v) is 13.0. The summed E-state index contributed by atoms with van der Waals surface area (Å²) in [6.07, 6.45) is 4.24. The third kappa shape index (κ3) is 6.62. The molecule has 1 rings (SSSR count). The molecule has 1 amide bonds. The largest absolute Gasteiger partial charge is 0.494 e. The van der Waals surface area contributed by atoms with E-state index in [1.54, 1.807) is 12.1 Å². The first-order valence-electron chi connectivity index (χ1n) is 6.85. The molecule has 0 unspecified atom stereocenters. The van der Waals surface area contributed by atoms with E-state index in [9.17, 15) is 4.79 Å². The van der Waals surface area contributed by atoms with Gasteiger partial charge in [0.1, 0.15) is 5.75 Å². The van der Waals surface area contributed by atoms with Gasteiger partial charge >= 0.3 is 0 Å². The lowest BCUT2D eigenvalue weighted by Crippen LogP contribution is -2.24. The van der Waals surface area contributed by atoms with Crippen molar-refractivity contribution in [2.24, 2.45) is 0 Å². The number of carbonyl (C=O) groups excluding carboxylic acids is 1. The molecule has 0 aromatic heterocycles. The van der Waals surface area contributed by atoms with Gasteiger partial charge in [-0.25, -0.2) is 0 Å². The Hall–Kier alpha value is -1.03. The number of unbranched alkanes of at least 4 members (excludes halogenated alkanes) is 2. The van der Waals surface area contributed by atoms with Crippen LogP contribution in [0.25, 0.3) is 0 Å². The topological polar surface area (TPSA) is 38.3 Å². The summed E-state index contributed by atoms with van der Waals surface area (Å²) in [7, 11) is 0. The highest BCUT2D eigenvalue weighted by molar-refractivity contribution is 9.09. The standard InChI is InChI=1S/C15H22BrNO2/c1-2-3-12-19-14-8-6-13(7-9-14)15(18)17-11-5-4-10-16/h6-9H,2-5,10-12H2,1H3,(H,17,18). The van der Waals surface area contributed by atoms with Crippen molar-refractivity contribution < 1.29 is 9.53 Å². The summed E-state index contributed by atoms with van der Waals surface area (Å²) in [5.74, 6) is 0.805. The molecule has 1 aromatic rings. The van der Waals surface area contributed by atoms with Gasteiger partial charge in [0.05, 0.1) is 6.61 Å². The van der Waals surface area contributed by atoms with E-state index in [4.69, 9.17) is 4.74 Å². The number of halogens is 1. The predicted molar refractivity (Wildman–Crippen MR) is 82.2 cm³/mol. The molecular formula is C15H22BrNO2. The van der Waals surface area contributed by atoms with E-state index in [1.165, 1.54) is 0 Å². The van der Waals surface area contributed by atoms with E-state index in [2.05, 4.69) is 28.2 Å². The number of rotatable bonds is 9. The summed E-state index contributed by atoms with van der Waals surface area (Å²) in [6.45, 7) is 3.58. The van der Waals surface area contributed by atoms with Crippen molar-refractivity contribution in [1.29, 1.82) is 0 Å². The lowest BCUT2D eigenvalue weighted by molar-refractivity contribution is 0.0953. The number of hydrogen-bond donors (Lipinski definition) is 1. The number of hydrogen-bond acceptors (Lipinski definition) is 2. The molecule has 4 heteroatoms. The summed E-state index contributed by atoms with van der Waals surface area (Å²) in [5.41, 5.74) is 0.682. The maximum absolute atomic E-state index is 11.8. The molecule has 106 valence electrons. The van der Waals surface area contributed by atoms with Crippen molar-refractivity contribution >= 4 is 21.8 Å². The number of nitrogens with one attached hydrogen (secondary N) is 1. The van der Waals surface area contributed by atoms with E-state index in [-0.39, 0.29) is 5.91 Å². The summed E-state index contributed by atoms with van der Waals surface area (Å²) in [6, 6.07) is 7.31. The number of ether oxygens (including phenoxy) is 1. The van der Waals surface area contributed by atoms with Gasteiger partial charge in [-0.05, 0) is 43.5 Å². The van der Waals surface area contributed by atoms with Gasteiger partial charge in [-0.2, -0.15) is 0 Å². The van der Waals surface area contributed by atoms with Crippen LogP contribution in [0.4, 0.5) is 0 Å². The SMILES string of the molecule is CCCCOc1ccc(C(=O)NCCCCBr)cc1. The monoisotopic (exact) mass is 327 g/mol. The zero-order chi connectivity index (χ0) is 13.9. The molecule has 0 saturated heterocycles. The van der Waals surface area contributed by atoms with Crippen LogP contribution < -0.4 is 10.1 Å². The van der Waals surface area contributed by atoms with Crippen LogP contribution in [-0.2, 0) is 0 Å². The van der Waals surface area contributed by atoms with Crippen LogP contribution in [0.3, 0.4) is 0 Å². The van der Waals surface area contributed by atoms with Crippen LogP contribution in [0.15, 0.2) is 24.3 Å². The summed E-state index contributed by atoms with van der Waals surface area (Å²) in [4.78, 5) is 11.8. The Bertz CT molecular complexity index is 365. The Morgan fingerprint density at radius 3 is 2.58 bits per heavy atom. The van der Waals surface area contributed by atoms with Crippen LogP contribution in [0.1, 0.15) is 43.0 Å². The molecule has 19 heavy (non-hydrogen) atoms. The minimum Gasteiger partial charge on any atom is -0.494 e. The Kier molecular flexibility index (Phi) is 8.30. The van der Waals surface area contributed by atoms with E-state index in [0.717, 1.165) is 49.9 Å². The van der Waals surface area contributed by atoms with Crippen molar-refractivity contribution in [2.75, 3.05) is 18.5 Å². The van der Waals surface area contributed by atoms with Crippen molar-refractivity contribution in [3.8, 4) is 5.75 Å². The second-order valence-corrected chi connectivity index (χ2v) is 5.17. The van der Waals surface area contributed by atoms with Crippen LogP contribution in [0, 0.1) is 0 Å². The third-order valence-electron chi connectivity index (χ3n) is 2.73. The van der Waals surface area contributed by atoms with Gasteiger partial charge in [-0.15, -0.1) is 0 Å². The van der Waals surface area contributed by atoms with Crippen LogP contribution in [0.5, 0.6) is 5.75 Å². The van der Waals surface area contributed by atoms with Crippen LogP contribution in [-0.4, -0.2) is 24.4 Å². The smallest absolute Gasteiger partial charge is 0.251 e. The highest BCUT2D eigenvalue weighted by Crippen LogP contribution is 2.12. The molecule has 0 radical (unpaired) electrons. The normalized spacial score (nSPS) is 10.2. The number of alkyl halides is 1. The Morgan fingerprint density at radius 1 is 1.21 bits per heavy atom. The van der Waals surface area contributed by atoms with E-state index in [0.29, 0.717) is 5.56 Å². The van der Waals surface area contributed by atoms with Crippen molar-refractivity contribution in [3.05, 3.63) is 29.8 Å². The third-order valence-corrected chi connectivity index (χ3v) is 3.29. The number of benzene rings is 1. The fourth-order valence-electron chi connectivity index (χ4n) is 1.56. The average molecular weight is 328 g/mol. The lowest BCUT2D eigenvalue weighted by atomic mass is 10.2. The summed E-state index contributed by atoms with van der Waals surface area (Å²) in [5, 5.41) is 3.88. The molecule has 0 aliphatic carbocycles. The fraction of sp³-hybridized carbons (Fsp3) is 0.533. The Morgan fingerprint density at radius 2 is 1.95 bits per heavy atom. The van der Waals surface area contributed by atoms with Gasteiger partial charge in [0.25, 0.3) is 5.91 Å². The highest BCUT2D eigenvalue weighted by atomic mass is 79.9. The quantitative estimate of drug-likeness (QED) is 0.553. The highest BCUT2D eigenvalue weighted by Gasteiger charge is 2.04. The minimum absolute atomic E-state index is 0.0188. The molecule has 0 fully saturated rings. The Labute approximate surface area is 123 Å². The molecule has 0 aliphatic rings. The number of amides is 1. The molecule has 1 N–H and O–H groups in total. The van der Waals surface area contributed by atoms with Gasteiger partial charge < -0.3 is 10.1 Å². The summed E-state index contributed by atoms with van der Waals surface area (Å²) < 4.78 is 5.56. The van der Waals surface area contributed by atoms with Crippen LogP contribution in [0.2, 0.25) is 0 Å². The van der Waals surface area contributed by atoms with E-state index >= 15 is 0 Å². The van der Waals surface area contributed by atoms with Gasteiger partial charge in [-0.3, -0.25) is 4.79 Å². The second-order valence-electron chi connectivity index (χ2n) is 4.38. The first-order chi connectivity index (χ1) is 9.27. The molecule has 3 nitrogen and oxygen atoms in total. The number of carbonyl (C=O) groups is 1. The second kappa shape index (κ2) is 9.84. The molecule has 0 atom stereocenters. The molecule has 1 aromatic carbocycles. The predicted octanol–water partition coefficient (Wildman–Crippen LogP) is 3.77. The maximum Gasteiger partial charge on any atom is 0.251 e. The minimum atomic E-state index is -0.0188. The average Bonchev–Trinajstić information content (AvgIpc) is 2.44. The van der Waals surface area contributed by atoms with Crippen molar-refractivity contribution in [2.45, 2.75) is 32.6 Å².